The van der Waals surface area contributed by atoms with Crippen LogP contribution in [0.3, 0.4) is 0 Å². The van der Waals surface area contributed by atoms with Gasteiger partial charge in [-0.2, -0.15) is 0 Å². The summed E-state index contributed by atoms with van der Waals surface area (Å²) in [5, 5.41) is 10.7. The van der Waals surface area contributed by atoms with Gasteiger partial charge in [-0.15, -0.1) is 0 Å². The van der Waals surface area contributed by atoms with E-state index in [2.05, 4.69) is 0 Å². The number of hydrogen-bond donors (Lipinski definition) is 1. The summed E-state index contributed by atoms with van der Waals surface area (Å²) in [6.45, 7) is 1.42. The summed E-state index contributed by atoms with van der Waals surface area (Å²) in [6.07, 6.45) is -0.978. The smallest absolute Gasteiger partial charge is 0.339 e. The maximum atomic E-state index is 11.8. The third kappa shape index (κ3) is 3.44. The van der Waals surface area contributed by atoms with Gasteiger partial charge in [-0.3, -0.25) is 14.9 Å². The highest BCUT2D eigenvalue weighted by Crippen LogP contribution is 2.22. The first-order valence-electron chi connectivity index (χ1n) is 5.70. The summed E-state index contributed by atoms with van der Waals surface area (Å²) in [5.41, 5.74) is 4.95. The monoisotopic (exact) mass is 281 g/mol. The third-order valence-corrected chi connectivity index (χ3v) is 2.54. The van der Waals surface area contributed by atoms with Gasteiger partial charge < -0.3 is 15.4 Å². The molecule has 1 rings (SSSR count). The molecule has 2 N–H and O–H groups in total. The summed E-state index contributed by atoms with van der Waals surface area (Å²) >= 11 is 0. The molecule has 20 heavy (non-hydrogen) atoms. The van der Waals surface area contributed by atoms with Gasteiger partial charge in [0.25, 0.3) is 11.6 Å². The number of amides is 1. The van der Waals surface area contributed by atoms with E-state index >= 15 is 0 Å². The van der Waals surface area contributed by atoms with E-state index in [4.69, 9.17) is 10.5 Å². The highest BCUT2D eigenvalue weighted by Gasteiger charge is 2.22. The molecule has 0 saturated heterocycles. The molecule has 0 fully saturated rings. The molecule has 0 heterocycles. The lowest BCUT2D eigenvalue weighted by Crippen LogP contribution is -2.34. The number of carbonyl (C=O) groups excluding carboxylic acids is 2. The molecular weight excluding hydrogens is 266 g/mol. The first-order valence-corrected chi connectivity index (χ1v) is 5.70. The van der Waals surface area contributed by atoms with Gasteiger partial charge in [0.05, 0.1) is 10.5 Å². The molecule has 1 amide bonds. The maximum absolute atomic E-state index is 11.8. The van der Waals surface area contributed by atoms with Gasteiger partial charge in [0.15, 0.2) is 6.10 Å². The van der Waals surface area contributed by atoms with E-state index in [1.807, 2.05) is 0 Å². The minimum absolute atomic E-state index is 0.0377. The second-order valence-electron chi connectivity index (χ2n) is 4.31. The summed E-state index contributed by atoms with van der Waals surface area (Å²) in [5.74, 6) is -1.21. The molecule has 0 bridgehead atoms. The average Bonchev–Trinajstić information content (AvgIpc) is 2.37. The third-order valence-electron chi connectivity index (χ3n) is 2.54. The van der Waals surface area contributed by atoms with E-state index in [0.29, 0.717) is 0 Å². The predicted octanol–water partition coefficient (Wildman–Crippen LogP) is 0.810. The predicted molar refractivity (Wildman–Crippen MR) is 71.1 cm³/mol. The van der Waals surface area contributed by atoms with E-state index in [-0.39, 0.29) is 22.8 Å². The number of nitro groups is 1. The fourth-order valence-electron chi connectivity index (χ4n) is 1.47. The number of esters is 1. The average molecular weight is 281 g/mol. The van der Waals surface area contributed by atoms with Crippen molar-refractivity contribution in [3.8, 4) is 0 Å². The molecule has 8 heteroatoms. The number of nitrogens with zero attached hydrogens (tertiary/aromatic N) is 2. The fourth-order valence-corrected chi connectivity index (χ4v) is 1.47. The Kier molecular flexibility index (Phi) is 4.63. The van der Waals surface area contributed by atoms with Crippen molar-refractivity contribution >= 4 is 23.3 Å². The maximum Gasteiger partial charge on any atom is 0.339 e. The molecule has 1 aromatic carbocycles. The molecule has 108 valence electrons. The number of benzene rings is 1. The Bertz CT molecular complexity index is 556. The number of carbonyl (C=O) groups is 2. The van der Waals surface area contributed by atoms with Crippen LogP contribution < -0.4 is 5.73 Å². The topological polar surface area (TPSA) is 116 Å². The molecule has 0 aromatic heterocycles. The number of anilines is 1. The first kappa shape index (κ1) is 15.4. The van der Waals surface area contributed by atoms with Crippen molar-refractivity contribution in [1.29, 1.82) is 0 Å². The van der Waals surface area contributed by atoms with E-state index in [0.717, 1.165) is 6.07 Å². The van der Waals surface area contributed by atoms with Crippen LogP contribution in [-0.4, -0.2) is 41.9 Å². The lowest BCUT2D eigenvalue weighted by Gasteiger charge is -2.17. The summed E-state index contributed by atoms with van der Waals surface area (Å²) in [7, 11) is 3.06. The quantitative estimate of drug-likeness (QED) is 0.378. The van der Waals surface area contributed by atoms with Gasteiger partial charge in [-0.05, 0) is 19.1 Å². The molecule has 1 atom stereocenters. The molecule has 0 unspecified atom stereocenters. The molecule has 0 aliphatic rings. The largest absolute Gasteiger partial charge is 0.449 e. The molecule has 0 aliphatic heterocycles. The molecule has 0 radical (unpaired) electrons. The van der Waals surface area contributed by atoms with Crippen molar-refractivity contribution in [2.45, 2.75) is 13.0 Å². The van der Waals surface area contributed by atoms with E-state index < -0.39 is 17.0 Å². The fraction of sp³-hybridized carbons (Fsp3) is 0.333. The zero-order chi connectivity index (χ0) is 15.4. The van der Waals surface area contributed by atoms with Crippen molar-refractivity contribution < 1.29 is 19.2 Å². The molecular formula is C12H15N3O5. The molecule has 0 aliphatic carbocycles. The molecule has 1 aromatic rings. The van der Waals surface area contributed by atoms with Crippen LogP contribution in [0.15, 0.2) is 18.2 Å². The Labute approximate surface area is 115 Å². The van der Waals surface area contributed by atoms with Crippen LogP contribution in [0.4, 0.5) is 11.4 Å². The van der Waals surface area contributed by atoms with Gasteiger partial charge in [-0.25, -0.2) is 4.79 Å². The molecule has 8 nitrogen and oxygen atoms in total. The Morgan fingerprint density at radius 2 is 2.00 bits per heavy atom. The minimum Gasteiger partial charge on any atom is -0.449 e. The number of nitrogens with two attached hydrogens (primary N) is 1. The normalized spacial score (nSPS) is 11.6. The van der Waals surface area contributed by atoms with Crippen molar-refractivity contribution in [1.82, 2.24) is 4.90 Å². The number of nitrogen functional groups attached to an aromatic ring is 1. The van der Waals surface area contributed by atoms with Crippen molar-refractivity contribution in [2.75, 3.05) is 19.8 Å². The number of likely N-dealkylation sites (N-methyl/N-ethyl adjacent to an activating group) is 1. The lowest BCUT2D eigenvalue weighted by atomic mass is 10.2. The Morgan fingerprint density at radius 1 is 1.40 bits per heavy atom. The molecule has 0 saturated carbocycles. The van der Waals surface area contributed by atoms with Crippen LogP contribution >= 0.6 is 0 Å². The number of rotatable bonds is 4. The summed E-state index contributed by atoms with van der Waals surface area (Å²) in [6, 6.07) is 3.56. The summed E-state index contributed by atoms with van der Waals surface area (Å²) < 4.78 is 4.94. The first-order chi connectivity index (χ1) is 9.23. The van der Waals surface area contributed by atoms with Gasteiger partial charge in [0, 0.05) is 20.2 Å². The zero-order valence-corrected chi connectivity index (χ0v) is 11.3. The Hall–Kier alpha value is -2.64. The van der Waals surface area contributed by atoms with Crippen LogP contribution in [0.25, 0.3) is 0 Å². The van der Waals surface area contributed by atoms with Crippen molar-refractivity contribution in [2.24, 2.45) is 0 Å². The standard InChI is InChI=1S/C12H15N3O5/c1-7(11(16)14(2)3)20-12(17)8-4-5-9(13)10(6-8)15(18)19/h4-7H,13H2,1-3H3/t7-/m1/s1. The van der Waals surface area contributed by atoms with E-state index in [1.165, 1.54) is 38.1 Å². The van der Waals surface area contributed by atoms with Crippen LogP contribution in [0.2, 0.25) is 0 Å². The molecule has 0 spiro atoms. The van der Waals surface area contributed by atoms with Crippen LogP contribution in [0.1, 0.15) is 17.3 Å². The van der Waals surface area contributed by atoms with Crippen LogP contribution in [0, 0.1) is 10.1 Å². The number of ether oxygens (including phenoxy) is 1. The van der Waals surface area contributed by atoms with Crippen LogP contribution in [-0.2, 0) is 9.53 Å². The highest BCUT2D eigenvalue weighted by molar-refractivity contribution is 5.93. The minimum atomic E-state index is -0.978. The van der Waals surface area contributed by atoms with Crippen molar-refractivity contribution in [3.05, 3.63) is 33.9 Å². The highest BCUT2D eigenvalue weighted by atomic mass is 16.6. The van der Waals surface area contributed by atoms with Crippen LogP contribution in [0.5, 0.6) is 0 Å². The Morgan fingerprint density at radius 3 is 2.50 bits per heavy atom. The number of hydrogen-bond acceptors (Lipinski definition) is 6. The van der Waals surface area contributed by atoms with Crippen molar-refractivity contribution in [3.63, 3.8) is 0 Å². The van der Waals surface area contributed by atoms with E-state index in [9.17, 15) is 19.7 Å². The number of nitro benzene ring substituents is 1. The van der Waals surface area contributed by atoms with Gasteiger partial charge in [0.2, 0.25) is 0 Å². The summed E-state index contributed by atoms with van der Waals surface area (Å²) in [4.78, 5) is 34.7. The lowest BCUT2D eigenvalue weighted by molar-refractivity contribution is -0.383. The van der Waals surface area contributed by atoms with Gasteiger partial charge >= 0.3 is 5.97 Å². The van der Waals surface area contributed by atoms with Gasteiger partial charge in [-0.1, -0.05) is 0 Å². The second-order valence-corrected chi connectivity index (χ2v) is 4.31. The SMILES string of the molecule is C[C@@H](OC(=O)c1ccc(N)c([N+](=O)[O-])c1)C(=O)N(C)C. The van der Waals surface area contributed by atoms with Gasteiger partial charge in [0.1, 0.15) is 5.69 Å². The zero-order valence-electron chi connectivity index (χ0n) is 11.3. The Balaban J connectivity index is 2.91. The van der Waals surface area contributed by atoms with E-state index in [1.54, 1.807) is 0 Å². The second kappa shape index (κ2) is 6.00.